The van der Waals surface area contributed by atoms with Gasteiger partial charge in [0.1, 0.15) is 18.6 Å². The average Bonchev–Trinajstić information content (AvgIpc) is 1.95. The Hall–Kier alpha value is -0.270. The summed E-state index contributed by atoms with van der Waals surface area (Å²) < 4.78 is 21.3. The molecule has 96 valence electrons. The van der Waals surface area contributed by atoms with E-state index in [4.69, 9.17) is 24.7 Å². The van der Waals surface area contributed by atoms with E-state index < -0.39 is 39.8 Å². The van der Waals surface area contributed by atoms with Gasteiger partial charge in [0.25, 0.3) is 0 Å². The number of nitrogens with zero attached hydrogens (tertiary/aromatic N) is 1. The van der Waals surface area contributed by atoms with Crippen molar-refractivity contribution >= 4 is 21.2 Å². The maximum absolute atomic E-state index is 10.7. The molecule has 1 atom stereocenters. The number of carbonyl (C=O) groups is 1. The summed E-state index contributed by atoms with van der Waals surface area (Å²) in [5.41, 5.74) is 0. The molecular formula is C5H13NO8P2. The lowest BCUT2D eigenvalue weighted by Gasteiger charge is -2.26. The van der Waals surface area contributed by atoms with Gasteiger partial charge in [-0.15, -0.1) is 0 Å². The smallest absolute Gasteiger partial charge is 0.339 e. The highest BCUT2D eigenvalue weighted by atomic mass is 31.2. The van der Waals surface area contributed by atoms with Crippen LogP contribution in [-0.4, -0.2) is 54.2 Å². The van der Waals surface area contributed by atoms with Crippen LogP contribution >= 0.6 is 15.2 Å². The van der Waals surface area contributed by atoms with Gasteiger partial charge in [-0.3, -0.25) is 18.8 Å². The zero-order valence-electron chi connectivity index (χ0n) is 8.29. The SMILES string of the molecule is CC(C(=O)O)N(CP(=O)(O)O)CP(=O)(O)O. The average molecular weight is 277 g/mol. The van der Waals surface area contributed by atoms with Crippen LogP contribution in [0.25, 0.3) is 0 Å². The number of carboxylic acid groups (broad SMARTS) is 1. The molecule has 0 saturated heterocycles. The van der Waals surface area contributed by atoms with Gasteiger partial charge < -0.3 is 24.7 Å². The molecule has 0 radical (unpaired) electrons. The molecule has 0 rings (SSSR count). The van der Waals surface area contributed by atoms with E-state index in [1.54, 1.807) is 0 Å². The first-order chi connectivity index (χ1) is 6.92. The second-order valence-corrected chi connectivity index (χ2v) is 6.44. The molecule has 0 heterocycles. The molecule has 0 aromatic carbocycles. The maximum Gasteiger partial charge on any atom is 0.339 e. The van der Waals surface area contributed by atoms with Gasteiger partial charge in [0.2, 0.25) is 0 Å². The van der Waals surface area contributed by atoms with E-state index in [2.05, 4.69) is 0 Å². The molecule has 11 heteroatoms. The Morgan fingerprint density at radius 1 is 1.12 bits per heavy atom. The van der Waals surface area contributed by atoms with Gasteiger partial charge >= 0.3 is 21.2 Å². The van der Waals surface area contributed by atoms with Crippen molar-refractivity contribution in [2.24, 2.45) is 0 Å². The van der Waals surface area contributed by atoms with Crippen molar-refractivity contribution in [2.75, 3.05) is 12.6 Å². The Kier molecular flexibility index (Phi) is 5.28. The van der Waals surface area contributed by atoms with Gasteiger partial charge in [0, 0.05) is 0 Å². The zero-order chi connectivity index (χ0) is 13.1. The van der Waals surface area contributed by atoms with Crippen molar-refractivity contribution in [3.05, 3.63) is 0 Å². The molecule has 0 aromatic rings. The summed E-state index contributed by atoms with van der Waals surface area (Å²) in [6, 6.07) is -1.40. The van der Waals surface area contributed by atoms with Crippen molar-refractivity contribution in [3.63, 3.8) is 0 Å². The highest BCUT2D eigenvalue weighted by Crippen LogP contribution is 2.41. The van der Waals surface area contributed by atoms with Crippen LogP contribution in [0, 0.1) is 0 Å². The van der Waals surface area contributed by atoms with E-state index in [0.29, 0.717) is 4.90 Å². The minimum atomic E-state index is -4.58. The fourth-order valence-corrected chi connectivity index (χ4v) is 2.71. The van der Waals surface area contributed by atoms with E-state index in [9.17, 15) is 13.9 Å². The second kappa shape index (κ2) is 5.37. The third-order valence-electron chi connectivity index (χ3n) is 1.64. The Labute approximate surface area is 91.0 Å². The molecular weight excluding hydrogens is 264 g/mol. The monoisotopic (exact) mass is 277 g/mol. The summed E-state index contributed by atoms with van der Waals surface area (Å²) in [4.78, 5) is 45.7. The molecule has 16 heavy (non-hydrogen) atoms. The number of hydrogen-bond donors (Lipinski definition) is 5. The first-order valence-electron chi connectivity index (χ1n) is 3.98. The lowest BCUT2D eigenvalue weighted by atomic mass is 10.3. The molecule has 0 aliphatic rings. The van der Waals surface area contributed by atoms with Crippen LogP contribution in [0.1, 0.15) is 6.92 Å². The molecule has 0 saturated carbocycles. The van der Waals surface area contributed by atoms with E-state index in [0.717, 1.165) is 6.92 Å². The van der Waals surface area contributed by atoms with Gasteiger partial charge in [0.05, 0.1) is 0 Å². The van der Waals surface area contributed by atoms with Crippen LogP contribution < -0.4 is 0 Å². The number of rotatable bonds is 6. The maximum atomic E-state index is 10.7. The summed E-state index contributed by atoms with van der Waals surface area (Å²) in [6.45, 7) is 1.08. The molecule has 0 spiro atoms. The fraction of sp³-hybridized carbons (Fsp3) is 0.800. The van der Waals surface area contributed by atoms with Crippen LogP contribution in [0.5, 0.6) is 0 Å². The fourth-order valence-electron chi connectivity index (χ4n) is 0.919. The van der Waals surface area contributed by atoms with Crippen LogP contribution in [0.4, 0.5) is 0 Å². The number of hydrogen-bond acceptors (Lipinski definition) is 4. The Balaban J connectivity index is 4.85. The normalized spacial score (nSPS) is 15.1. The van der Waals surface area contributed by atoms with Gasteiger partial charge in [-0.1, -0.05) is 0 Å². The van der Waals surface area contributed by atoms with Crippen molar-refractivity contribution < 1.29 is 38.6 Å². The molecule has 0 aliphatic heterocycles. The van der Waals surface area contributed by atoms with E-state index in [1.807, 2.05) is 0 Å². The largest absolute Gasteiger partial charge is 0.480 e. The molecule has 0 amide bonds. The Morgan fingerprint density at radius 2 is 1.44 bits per heavy atom. The summed E-state index contributed by atoms with van der Waals surface area (Å²) in [6.07, 6.45) is -2.04. The topological polar surface area (TPSA) is 156 Å². The molecule has 5 N–H and O–H groups in total. The minimum absolute atomic E-state index is 0.532. The molecule has 0 aliphatic carbocycles. The lowest BCUT2D eigenvalue weighted by molar-refractivity contribution is -0.141. The predicted octanol–water partition coefficient (Wildman–Crippen LogP) is -0.968. The third-order valence-corrected chi connectivity index (χ3v) is 3.10. The summed E-state index contributed by atoms with van der Waals surface area (Å²) >= 11 is 0. The van der Waals surface area contributed by atoms with Crippen molar-refractivity contribution in [1.29, 1.82) is 0 Å². The Morgan fingerprint density at radius 3 is 1.62 bits per heavy atom. The molecule has 0 bridgehead atoms. The van der Waals surface area contributed by atoms with E-state index in [1.165, 1.54) is 0 Å². The van der Waals surface area contributed by atoms with Crippen LogP contribution in [0.3, 0.4) is 0 Å². The Bertz CT molecular complexity index is 320. The van der Waals surface area contributed by atoms with Crippen LogP contribution in [-0.2, 0) is 13.9 Å². The van der Waals surface area contributed by atoms with E-state index >= 15 is 0 Å². The number of aliphatic carboxylic acids is 1. The first-order valence-corrected chi connectivity index (χ1v) is 7.58. The third kappa shape index (κ3) is 7.08. The highest BCUT2D eigenvalue weighted by Gasteiger charge is 2.32. The van der Waals surface area contributed by atoms with Gasteiger partial charge in [-0.2, -0.15) is 0 Å². The van der Waals surface area contributed by atoms with Crippen molar-refractivity contribution in [1.82, 2.24) is 4.90 Å². The lowest BCUT2D eigenvalue weighted by Crippen LogP contribution is -2.40. The standard InChI is InChI=1S/C5H13NO8P2/c1-4(5(7)8)6(2-15(9,10)11)3-16(12,13)14/h4H,2-3H2,1H3,(H,7,8)(H2,9,10,11)(H2,12,13,14). The van der Waals surface area contributed by atoms with Crippen LogP contribution in [0.2, 0.25) is 0 Å². The first kappa shape index (κ1) is 15.7. The summed E-state index contributed by atoms with van der Waals surface area (Å²) in [5.74, 6) is -1.43. The van der Waals surface area contributed by atoms with Crippen molar-refractivity contribution in [2.45, 2.75) is 13.0 Å². The van der Waals surface area contributed by atoms with Gasteiger partial charge in [-0.05, 0) is 6.92 Å². The number of carboxylic acids is 1. The molecule has 0 fully saturated rings. The predicted molar refractivity (Wildman–Crippen MR) is 52.8 cm³/mol. The van der Waals surface area contributed by atoms with E-state index in [-0.39, 0.29) is 0 Å². The summed E-state index contributed by atoms with van der Waals surface area (Å²) in [5, 5.41) is 8.60. The summed E-state index contributed by atoms with van der Waals surface area (Å²) in [7, 11) is -9.16. The molecule has 0 aromatic heterocycles. The van der Waals surface area contributed by atoms with Gasteiger partial charge in [-0.25, -0.2) is 0 Å². The van der Waals surface area contributed by atoms with Crippen LogP contribution in [0.15, 0.2) is 0 Å². The highest BCUT2D eigenvalue weighted by molar-refractivity contribution is 7.52. The minimum Gasteiger partial charge on any atom is -0.480 e. The zero-order valence-corrected chi connectivity index (χ0v) is 10.1. The second-order valence-electron chi connectivity index (χ2n) is 3.22. The molecule has 1 unspecified atom stereocenters. The van der Waals surface area contributed by atoms with Gasteiger partial charge in [0.15, 0.2) is 0 Å². The molecule has 9 nitrogen and oxygen atoms in total. The quantitative estimate of drug-likeness (QED) is 0.385. The van der Waals surface area contributed by atoms with Crippen molar-refractivity contribution in [3.8, 4) is 0 Å².